The van der Waals surface area contributed by atoms with Gasteiger partial charge in [-0.15, -0.1) is 90.7 Å². The molecule has 0 saturated carbocycles. The van der Waals surface area contributed by atoms with E-state index in [1.165, 1.54) is 193 Å². The molecule has 0 fully saturated rings. The van der Waals surface area contributed by atoms with Gasteiger partial charge in [-0.1, -0.05) is 132 Å². The van der Waals surface area contributed by atoms with E-state index in [1.54, 1.807) is 11.3 Å². The third kappa shape index (κ3) is 11.3. The van der Waals surface area contributed by atoms with Crippen LogP contribution in [0.15, 0.2) is 210 Å². The molecule has 484 valence electrons. The average molecular weight is 1420 g/mol. The fraction of sp³-hybridized carbons (Fsp3) is 0.190. The molecule has 3 aromatic carbocycles. The standard InChI is InChI=1S/C84H70N6S8/c1-3-5-7-9-11-43-87-64-50-54(68-36-40-76(96-68)72-22-16-46-92-72)27-31-57(64)83-81(87)59-33-29-56(70-38-42-78(98-70)74-24-18-48-94-74)52-66(59)90(83)80-26-14-20-62(86-80)61-19-13-25-79(85-61)89-63-34-30-53(67-35-39-75(95-67)71-21-15-45-91-71)49-60(63)82-84(89)58-32-28-55(51-65(58)88(82)44-12-10-8-6-4-2)69-37-41-77(97-69)73-23-17-47-93-73/h13-28,30-32,34-42,45-52H,3-12,29,33,43-44H2,1-2H3. The number of rotatable bonds is 23. The molecule has 0 radical (unpaired) electrons. The minimum atomic E-state index is 0.835. The van der Waals surface area contributed by atoms with Gasteiger partial charge in [0.15, 0.2) is 0 Å². The van der Waals surface area contributed by atoms with Crippen LogP contribution in [0.25, 0.3) is 160 Å². The van der Waals surface area contributed by atoms with Gasteiger partial charge < -0.3 is 9.13 Å². The second-order valence-electron chi connectivity index (χ2n) is 25.8. The van der Waals surface area contributed by atoms with Gasteiger partial charge in [-0.25, -0.2) is 9.97 Å². The van der Waals surface area contributed by atoms with Crippen LogP contribution in [0.3, 0.4) is 0 Å². The molecule has 1 aliphatic rings. The maximum Gasteiger partial charge on any atom is 0.138 e. The molecule has 0 unspecified atom stereocenters. The van der Waals surface area contributed by atoms with E-state index in [2.05, 4.69) is 248 Å². The molecule has 98 heavy (non-hydrogen) atoms. The lowest BCUT2D eigenvalue weighted by atomic mass is 9.95. The molecule has 0 spiro atoms. The van der Waals surface area contributed by atoms with Gasteiger partial charge in [-0.3, -0.25) is 9.13 Å². The predicted molar refractivity (Wildman–Crippen MR) is 431 cm³/mol. The molecule has 14 heteroatoms. The van der Waals surface area contributed by atoms with E-state index >= 15 is 0 Å². The monoisotopic (exact) mass is 1420 g/mol. The van der Waals surface area contributed by atoms with Crippen LogP contribution in [0.2, 0.25) is 0 Å². The van der Waals surface area contributed by atoms with Crippen molar-refractivity contribution in [2.75, 3.05) is 0 Å². The molecule has 0 saturated heterocycles. The number of thiophene rings is 8. The van der Waals surface area contributed by atoms with E-state index in [0.29, 0.717) is 0 Å². The highest BCUT2D eigenvalue weighted by Crippen LogP contribution is 2.49. The number of nitrogens with zero attached hydrogens (tertiary/aromatic N) is 6. The first-order chi connectivity index (χ1) is 48.5. The third-order valence-corrected chi connectivity index (χ3v) is 28.4. The summed E-state index contributed by atoms with van der Waals surface area (Å²) in [6.07, 6.45) is 16.5. The van der Waals surface area contributed by atoms with Crippen molar-refractivity contribution in [1.82, 2.24) is 28.2 Å². The van der Waals surface area contributed by atoms with Crippen molar-refractivity contribution in [2.24, 2.45) is 0 Å². The molecule has 0 atom stereocenters. The minimum absolute atomic E-state index is 0.835. The molecule has 0 bridgehead atoms. The summed E-state index contributed by atoms with van der Waals surface area (Å²) in [6.45, 7) is 6.51. The van der Waals surface area contributed by atoms with Crippen LogP contribution in [0.4, 0.5) is 0 Å². The molecule has 1 aliphatic carbocycles. The Morgan fingerprint density at radius 3 is 1.28 bits per heavy atom. The van der Waals surface area contributed by atoms with Crippen molar-refractivity contribution >= 4 is 157 Å². The number of unbranched alkanes of at least 4 members (excludes halogenated alkanes) is 8. The van der Waals surface area contributed by atoms with Crippen molar-refractivity contribution < 1.29 is 0 Å². The smallest absolute Gasteiger partial charge is 0.138 e. The zero-order valence-electron chi connectivity index (χ0n) is 54.6. The Morgan fingerprint density at radius 2 is 0.776 bits per heavy atom. The summed E-state index contributed by atoms with van der Waals surface area (Å²) < 4.78 is 10.4. The van der Waals surface area contributed by atoms with Crippen LogP contribution in [0, 0.1) is 0 Å². The summed E-state index contributed by atoms with van der Waals surface area (Å²) >= 11 is 14.8. The first kappa shape index (κ1) is 62.0. The van der Waals surface area contributed by atoms with Crippen LogP contribution < -0.4 is 0 Å². The van der Waals surface area contributed by atoms with Crippen molar-refractivity contribution in [3.8, 4) is 93.4 Å². The molecule has 0 N–H and O–H groups in total. The van der Waals surface area contributed by atoms with Gasteiger partial charge in [0.25, 0.3) is 0 Å². The Bertz CT molecular complexity index is 5740. The lowest BCUT2D eigenvalue weighted by Crippen LogP contribution is -2.06. The van der Waals surface area contributed by atoms with Crippen LogP contribution in [-0.4, -0.2) is 28.2 Å². The van der Waals surface area contributed by atoms with Gasteiger partial charge in [-0.05, 0) is 197 Å². The maximum atomic E-state index is 5.82. The Kier molecular flexibility index (Phi) is 16.9. The van der Waals surface area contributed by atoms with Crippen molar-refractivity contribution in [1.29, 1.82) is 0 Å². The van der Waals surface area contributed by atoms with Crippen molar-refractivity contribution in [2.45, 2.75) is 104 Å². The molecule has 6 nitrogen and oxygen atoms in total. The summed E-state index contributed by atoms with van der Waals surface area (Å²) in [5.74, 6) is 1.78. The third-order valence-electron chi connectivity index (χ3n) is 19.6. The number of benzene rings is 3. The molecule has 18 rings (SSSR count). The first-order valence-corrected chi connectivity index (χ1v) is 41.3. The van der Waals surface area contributed by atoms with Crippen molar-refractivity contribution in [3.63, 3.8) is 0 Å². The minimum Gasteiger partial charge on any atom is -0.339 e. The summed E-state index contributed by atoms with van der Waals surface area (Å²) in [5.41, 5.74) is 18.2. The maximum absolute atomic E-state index is 5.82. The fourth-order valence-electron chi connectivity index (χ4n) is 14.9. The largest absolute Gasteiger partial charge is 0.339 e. The second kappa shape index (κ2) is 26.8. The van der Waals surface area contributed by atoms with Crippen LogP contribution in [0.1, 0.15) is 101 Å². The van der Waals surface area contributed by atoms with Gasteiger partial charge in [-0.2, -0.15) is 0 Å². The molecule has 14 aromatic heterocycles. The fourth-order valence-corrected chi connectivity index (χ4v) is 22.3. The molecule has 0 aliphatic heterocycles. The summed E-state index contributed by atoms with van der Waals surface area (Å²) in [5, 5.41) is 12.5. The number of aryl methyl sites for hydroxylation is 3. The number of pyridine rings is 2. The highest BCUT2D eigenvalue weighted by Gasteiger charge is 2.30. The Balaban J connectivity index is 0.807. The second-order valence-corrected chi connectivity index (χ2v) is 33.9. The highest BCUT2D eigenvalue weighted by molar-refractivity contribution is 7.24. The average Bonchev–Trinajstić information content (AvgIpc) is 1.55. The quantitative estimate of drug-likeness (QED) is 0.0599. The summed E-state index contributed by atoms with van der Waals surface area (Å²) in [6, 6.07) is 71.0. The topological polar surface area (TPSA) is 45.5 Å². The number of fused-ring (bicyclic) bond motifs is 10. The Labute approximate surface area is 603 Å². The number of allylic oxidation sites excluding steroid dienone is 1. The van der Waals surface area contributed by atoms with E-state index < -0.39 is 0 Å². The lowest BCUT2D eigenvalue weighted by Gasteiger charge is -2.18. The molecular formula is C84H70N6S8. The van der Waals surface area contributed by atoms with Crippen LogP contribution >= 0.6 is 90.7 Å². The number of hydrogen-bond donors (Lipinski definition) is 0. The van der Waals surface area contributed by atoms with E-state index in [1.807, 2.05) is 79.4 Å². The Hall–Kier alpha value is -8.28. The molecule has 0 amide bonds. The SMILES string of the molecule is CCCCCCCn1c2cc(-c3ccc(-c4cccs4)s3)ccc2c2c1c1c(n2-c2cccc(-c3cccc(-n4c5ccc(-c6ccc(-c7cccs7)s6)cc5c5c4c4ccc(-c6ccc(-c7cccs7)s6)cc4n5CCCCCCC)n3)n2)C=C(c2ccc(-c3cccs3)s2)CC1. The Morgan fingerprint density at radius 1 is 0.337 bits per heavy atom. The van der Waals surface area contributed by atoms with E-state index in [4.69, 9.17) is 9.97 Å². The molecular weight excluding hydrogens is 1350 g/mol. The predicted octanol–water partition coefficient (Wildman–Crippen LogP) is 27.7. The number of hydrogen-bond acceptors (Lipinski definition) is 10. The zero-order chi connectivity index (χ0) is 65.2. The van der Waals surface area contributed by atoms with E-state index in [9.17, 15) is 0 Å². The zero-order valence-corrected chi connectivity index (χ0v) is 61.2. The lowest BCUT2D eigenvalue weighted by molar-refractivity contribution is 0.584. The van der Waals surface area contributed by atoms with Crippen LogP contribution in [-0.2, 0) is 19.5 Å². The molecule has 14 heterocycles. The van der Waals surface area contributed by atoms with E-state index in [-0.39, 0.29) is 0 Å². The highest BCUT2D eigenvalue weighted by atomic mass is 32.1. The van der Waals surface area contributed by atoms with Gasteiger partial charge in [0, 0.05) is 93.3 Å². The normalized spacial score (nSPS) is 12.7. The summed E-state index contributed by atoms with van der Waals surface area (Å²) in [4.78, 5) is 27.3. The van der Waals surface area contributed by atoms with Gasteiger partial charge in [0.1, 0.15) is 11.6 Å². The van der Waals surface area contributed by atoms with Gasteiger partial charge in [0.2, 0.25) is 0 Å². The molecule has 17 aromatic rings. The van der Waals surface area contributed by atoms with Gasteiger partial charge >= 0.3 is 0 Å². The van der Waals surface area contributed by atoms with Crippen LogP contribution in [0.5, 0.6) is 0 Å². The van der Waals surface area contributed by atoms with Gasteiger partial charge in [0.05, 0.1) is 55.7 Å². The van der Waals surface area contributed by atoms with Crippen molar-refractivity contribution in [3.05, 3.63) is 226 Å². The first-order valence-electron chi connectivity index (χ1n) is 34.5. The number of aromatic nitrogens is 6. The van der Waals surface area contributed by atoms with E-state index in [0.717, 1.165) is 67.3 Å². The summed E-state index contributed by atoms with van der Waals surface area (Å²) in [7, 11) is 0.